The Hall–Kier alpha value is -1.51. The van der Waals surface area contributed by atoms with E-state index in [1.165, 1.54) is 0 Å². The molecular weight excluding hydrogens is 236 g/mol. The van der Waals surface area contributed by atoms with Crippen LogP contribution in [0.15, 0.2) is 24.3 Å². The van der Waals surface area contributed by atoms with Crippen LogP contribution in [-0.2, 0) is 10.0 Å². The predicted octanol–water partition coefficient (Wildman–Crippen LogP) is 1.15. The lowest BCUT2D eigenvalue weighted by Crippen LogP contribution is -2.16. The Bertz CT molecular complexity index is 527. The van der Waals surface area contributed by atoms with E-state index < -0.39 is 10.0 Å². The number of nitrogens with one attached hydrogen (secondary N) is 1. The summed E-state index contributed by atoms with van der Waals surface area (Å²) in [6, 6.07) is 6.95. The van der Waals surface area contributed by atoms with Crippen LogP contribution in [0.3, 0.4) is 0 Å². The van der Waals surface area contributed by atoms with Crippen molar-refractivity contribution in [3.63, 3.8) is 0 Å². The number of hydrogen-bond donors (Lipinski definition) is 2. The highest BCUT2D eigenvalue weighted by Crippen LogP contribution is 2.12. The van der Waals surface area contributed by atoms with Gasteiger partial charge in [-0.15, -0.1) is 0 Å². The Kier molecular flexibility index (Phi) is 5.01. The standard InChI is InChI=1S/C12H16N2O2S/c1-2-9-17(15,16)14-12-7-3-5-11(10-12)6-4-8-13/h3,5,7,10,14H,2,8-9,13H2,1H3. The van der Waals surface area contributed by atoms with Gasteiger partial charge in [0.05, 0.1) is 12.3 Å². The molecule has 5 heteroatoms. The van der Waals surface area contributed by atoms with Crippen molar-refractivity contribution in [3.8, 4) is 11.8 Å². The molecule has 0 aromatic heterocycles. The second kappa shape index (κ2) is 6.28. The molecule has 0 aliphatic carbocycles. The van der Waals surface area contributed by atoms with Crippen LogP contribution >= 0.6 is 0 Å². The summed E-state index contributed by atoms with van der Waals surface area (Å²) in [6.45, 7) is 2.11. The molecule has 0 fully saturated rings. The summed E-state index contributed by atoms with van der Waals surface area (Å²) in [5.74, 6) is 5.69. The first kappa shape index (κ1) is 13.6. The minimum Gasteiger partial charge on any atom is -0.320 e. The minimum atomic E-state index is -3.24. The summed E-state index contributed by atoms with van der Waals surface area (Å²) >= 11 is 0. The van der Waals surface area contributed by atoms with E-state index in [-0.39, 0.29) is 12.3 Å². The number of nitrogens with two attached hydrogens (primary N) is 1. The zero-order valence-corrected chi connectivity index (χ0v) is 10.5. The molecule has 4 nitrogen and oxygen atoms in total. The van der Waals surface area contributed by atoms with Crippen molar-refractivity contribution in [1.29, 1.82) is 0 Å². The van der Waals surface area contributed by atoms with Crippen LogP contribution in [0.5, 0.6) is 0 Å². The second-order valence-corrected chi connectivity index (χ2v) is 5.35. The summed E-state index contributed by atoms with van der Waals surface area (Å²) in [7, 11) is -3.24. The van der Waals surface area contributed by atoms with E-state index in [1.807, 2.05) is 6.92 Å². The molecule has 3 N–H and O–H groups in total. The van der Waals surface area contributed by atoms with Gasteiger partial charge < -0.3 is 5.73 Å². The molecule has 0 bridgehead atoms. The van der Waals surface area contributed by atoms with Crippen molar-refractivity contribution in [2.45, 2.75) is 13.3 Å². The zero-order chi connectivity index (χ0) is 12.7. The van der Waals surface area contributed by atoms with Crippen molar-refractivity contribution in [3.05, 3.63) is 29.8 Å². The molecule has 1 aromatic carbocycles. The van der Waals surface area contributed by atoms with Crippen LogP contribution in [0.25, 0.3) is 0 Å². The topological polar surface area (TPSA) is 72.2 Å². The van der Waals surface area contributed by atoms with Gasteiger partial charge in [-0.05, 0) is 24.6 Å². The Balaban J connectivity index is 2.86. The molecular formula is C12H16N2O2S. The lowest BCUT2D eigenvalue weighted by molar-refractivity contribution is 0.600. The molecule has 1 aromatic rings. The van der Waals surface area contributed by atoms with E-state index in [0.29, 0.717) is 12.1 Å². The van der Waals surface area contributed by atoms with Crippen molar-refractivity contribution in [2.75, 3.05) is 17.0 Å². The number of hydrogen-bond acceptors (Lipinski definition) is 3. The number of anilines is 1. The van der Waals surface area contributed by atoms with Crippen LogP contribution in [0.1, 0.15) is 18.9 Å². The minimum absolute atomic E-state index is 0.117. The highest BCUT2D eigenvalue weighted by atomic mass is 32.2. The molecule has 17 heavy (non-hydrogen) atoms. The van der Waals surface area contributed by atoms with Gasteiger partial charge in [0.15, 0.2) is 0 Å². The average Bonchev–Trinajstić information content (AvgIpc) is 2.26. The second-order valence-electron chi connectivity index (χ2n) is 3.51. The molecule has 0 amide bonds. The fourth-order valence-electron chi connectivity index (χ4n) is 1.31. The van der Waals surface area contributed by atoms with Gasteiger partial charge in [-0.25, -0.2) is 8.42 Å². The Labute approximate surface area is 102 Å². The monoisotopic (exact) mass is 252 g/mol. The molecule has 0 aliphatic heterocycles. The summed E-state index contributed by atoms with van der Waals surface area (Å²) < 4.78 is 25.6. The molecule has 0 heterocycles. The van der Waals surface area contributed by atoms with Crippen LogP contribution in [0.4, 0.5) is 5.69 Å². The third-order valence-electron chi connectivity index (χ3n) is 1.94. The van der Waals surface area contributed by atoms with E-state index >= 15 is 0 Å². The maximum atomic E-state index is 11.6. The van der Waals surface area contributed by atoms with Crippen molar-refractivity contribution in [2.24, 2.45) is 5.73 Å². The largest absolute Gasteiger partial charge is 0.320 e. The molecule has 0 aliphatic rings. The normalized spacial score (nSPS) is 10.5. The van der Waals surface area contributed by atoms with Crippen LogP contribution in [0.2, 0.25) is 0 Å². The zero-order valence-electron chi connectivity index (χ0n) is 9.73. The highest BCUT2D eigenvalue weighted by molar-refractivity contribution is 7.92. The van der Waals surface area contributed by atoms with Crippen molar-refractivity contribution in [1.82, 2.24) is 0 Å². The molecule has 92 valence electrons. The van der Waals surface area contributed by atoms with E-state index in [1.54, 1.807) is 24.3 Å². The lowest BCUT2D eigenvalue weighted by Gasteiger charge is -2.06. The smallest absolute Gasteiger partial charge is 0.232 e. The van der Waals surface area contributed by atoms with Crippen LogP contribution in [0, 0.1) is 11.8 Å². The van der Waals surface area contributed by atoms with Gasteiger partial charge in [0.2, 0.25) is 10.0 Å². The predicted molar refractivity (Wildman–Crippen MR) is 70.1 cm³/mol. The summed E-state index contributed by atoms with van der Waals surface area (Å²) in [5, 5.41) is 0. The quantitative estimate of drug-likeness (QED) is 0.790. The highest BCUT2D eigenvalue weighted by Gasteiger charge is 2.08. The molecule has 0 saturated heterocycles. The average molecular weight is 252 g/mol. The molecule has 0 radical (unpaired) electrons. The van der Waals surface area contributed by atoms with Gasteiger partial charge in [-0.3, -0.25) is 4.72 Å². The number of sulfonamides is 1. The van der Waals surface area contributed by atoms with E-state index in [0.717, 1.165) is 5.56 Å². The fraction of sp³-hybridized carbons (Fsp3) is 0.333. The molecule has 0 spiro atoms. The van der Waals surface area contributed by atoms with E-state index in [2.05, 4.69) is 16.6 Å². The molecule has 1 rings (SSSR count). The van der Waals surface area contributed by atoms with Crippen molar-refractivity contribution < 1.29 is 8.42 Å². The summed E-state index contributed by atoms with van der Waals surface area (Å²) in [6.07, 6.45) is 0.585. The summed E-state index contributed by atoms with van der Waals surface area (Å²) in [5.41, 5.74) is 6.54. The maximum Gasteiger partial charge on any atom is 0.232 e. The fourth-order valence-corrected chi connectivity index (χ4v) is 2.44. The van der Waals surface area contributed by atoms with Gasteiger partial charge in [-0.1, -0.05) is 24.8 Å². The Morgan fingerprint density at radius 3 is 2.82 bits per heavy atom. The third kappa shape index (κ3) is 4.89. The van der Waals surface area contributed by atoms with Gasteiger partial charge in [-0.2, -0.15) is 0 Å². The molecule has 0 atom stereocenters. The van der Waals surface area contributed by atoms with E-state index in [9.17, 15) is 8.42 Å². The SMILES string of the molecule is CCCS(=O)(=O)Nc1cccc(C#CCN)c1. The van der Waals surface area contributed by atoms with Gasteiger partial charge in [0.1, 0.15) is 0 Å². The third-order valence-corrected chi connectivity index (χ3v) is 3.44. The van der Waals surface area contributed by atoms with Gasteiger partial charge in [0.25, 0.3) is 0 Å². The first-order chi connectivity index (χ1) is 8.07. The first-order valence-corrected chi connectivity index (χ1v) is 7.02. The van der Waals surface area contributed by atoms with Crippen molar-refractivity contribution >= 4 is 15.7 Å². The molecule has 0 unspecified atom stereocenters. The van der Waals surface area contributed by atoms with Gasteiger partial charge >= 0.3 is 0 Å². The first-order valence-electron chi connectivity index (χ1n) is 5.37. The van der Waals surface area contributed by atoms with Gasteiger partial charge in [0, 0.05) is 11.3 Å². The van der Waals surface area contributed by atoms with Crippen LogP contribution < -0.4 is 10.5 Å². The Morgan fingerprint density at radius 1 is 1.41 bits per heavy atom. The maximum absolute atomic E-state index is 11.6. The summed E-state index contributed by atoms with van der Waals surface area (Å²) in [4.78, 5) is 0. The van der Waals surface area contributed by atoms with Crippen LogP contribution in [-0.4, -0.2) is 20.7 Å². The number of benzene rings is 1. The Morgan fingerprint density at radius 2 is 2.18 bits per heavy atom. The molecule has 0 saturated carbocycles. The lowest BCUT2D eigenvalue weighted by atomic mass is 10.2. The van der Waals surface area contributed by atoms with E-state index in [4.69, 9.17) is 5.73 Å². The number of rotatable bonds is 4.